The number of nitrogens with zero attached hydrogens (tertiary/aromatic N) is 2. The zero-order valence-electron chi connectivity index (χ0n) is 15.3. The second-order valence-corrected chi connectivity index (χ2v) is 7.16. The minimum Gasteiger partial charge on any atom is -0.370 e. The number of benzene rings is 2. The molecule has 3 nitrogen and oxygen atoms in total. The minimum absolute atomic E-state index is 0.199. The number of anilines is 1. The number of aryl methyl sites for hydroxylation is 2. The number of fused-ring (bicyclic) bond motifs is 1. The summed E-state index contributed by atoms with van der Waals surface area (Å²) < 4.78 is 15.3. The van der Waals surface area contributed by atoms with E-state index >= 15 is 0 Å². The Labute approximate surface area is 153 Å². The molecule has 2 aromatic carbocycles. The van der Waals surface area contributed by atoms with Crippen molar-refractivity contribution in [2.45, 2.75) is 39.5 Å². The second kappa shape index (κ2) is 6.94. The molecular weight excluding hydrogens is 325 g/mol. The molecule has 3 aromatic rings. The molecule has 0 fully saturated rings. The summed E-state index contributed by atoms with van der Waals surface area (Å²) in [7, 11) is 0. The molecular formula is C22H24FN3. The Morgan fingerprint density at radius 2 is 1.88 bits per heavy atom. The SMILES string of the molecule is Cc1ccc(C)c(-n2nc(Cc3ccc(F)cc3)c3c2NCCCC3)c1. The largest absolute Gasteiger partial charge is 0.370 e. The number of hydrogen-bond acceptors (Lipinski definition) is 2. The van der Waals surface area contributed by atoms with Crippen molar-refractivity contribution >= 4 is 5.82 Å². The van der Waals surface area contributed by atoms with Gasteiger partial charge in [-0.05, 0) is 68.0 Å². The maximum absolute atomic E-state index is 13.2. The van der Waals surface area contributed by atoms with Crippen molar-refractivity contribution in [1.29, 1.82) is 0 Å². The van der Waals surface area contributed by atoms with Crippen molar-refractivity contribution < 1.29 is 4.39 Å². The van der Waals surface area contributed by atoms with E-state index in [1.807, 2.05) is 12.1 Å². The first kappa shape index (κ1) is 16.8. The highest BCUT2D eigenvalue weighted by Gasteiger charge is 2.21. The summed E-state index contributed by atoms with van der Waals surface area (Å²) in [4.78, 5) is 0. The van der Waals surface area contributed by atoms with Gasteiger partial charge in [-0.15, -0.1) is 0 Å². The molecule has 1 aliphatic rings. The van der Waals surface area contributed by atoms with E-state index in [0.29, 0.717) is 0 Å². The van der Waals surface area contributed by atoms with Gasteiger partial charge in [0, 0.05) is 18.5 Å². The molecule has 1 aliphatic heterocycles. The summed E-state index contributed by atoms with van der Waals surface area (Å²) in [6.07, 6.45) is 4.08. The fourth-order valence-electron chi connectivity index (χ4n) is 3.63. The Bertz CT molecular complexity index is 925. The highest BCUT2D eigenvalue weighted by atomic mass is 19.1. The van der Waals surface area contributed by atoms with Gasteiger partial charge in [-0.25, -0.2) is 9.07 Å². The number of hydrogen-bond donors (Lipinski definition) is 1. The van der Waals surface area contributed by atoms with Gasteiger partial charge < -0.3 is 5.32 Å². The molecule has 0 bridgehead atoms. The molecule has 0 radical (unpaired) electrons. The quantitative estimate of drug-likeness (QED) is 0.724. The van der Waals surface area contributed by atoms with E-state index in [1.54, 1.807) is 0 Å². The van der Waals surface area contributed by atoms with E-state index in [0.717, 1.165) is 55.0 Å². The summed E-state index contributed by atoms with van der Waals surface area (Å²) in [5, 5.41) is 8.58. The molecule has 0 aliphatic carbocycles. The topological polar surface area (TPSA) is 29.9 Å². The summed E-state index contributed by atoms with van der Waals surface area (Å²) in [6.45, 7) is 5.21. The molecule has 0 saturated heterocycles. The summed E-state index contributed by atoms with van der Waals surface area (Å²) in [6, 6.07) is 13.2. The number of nitrogens with one attached hydrogen (secondary N) is 1. The fourth-order valence-corrected chi connectivity index (χ4v) is 3.63. The summed E-state index contributed by atoms with van der Waals surface area (Å²) in [5.41, 5.74) is 7.03. The van der Waals surface area contributed by atoms with E-state index in [4.69, 9.17) is 5.10 Å². The van der Waals surface area contributed by atoms with Crippen LogP contribution in [0.3, 0.4) is 0 Å². The Hall–Kier alpha value is -2.62. The van der Waals surface area contributed by atoms with Crippen molar-refractivity contribution in [1.82, 2.24) is 9.78 Å². The van der Waals surface area contributed by atoms with Crippen LogP contribution >= 0.6 is 0 Å². The van der Waals surface area contributed by atoms with Crippen LogP contribution in [0.25, 0.3) is 5.69 Å². The van der Waals surface area contributed by atoms with Crippen molar-refractivity contribution in [3.63, 3.8) is 0 Å². The number of aromatic nitrogens is 2. The van der Waals surface area contributed by atoms with Crippen molar-refractivity contribution in [2.75, 3.05) is 11.9 Å². The van der Waals surface area contributed by atoms with Crippen LogP contribution in [0.4, 0.5) is 10.2 Å². The smallest absolute Gasteiger partial charge is 0.133 e. The zero-order chi connectivity index (χ0) is 18.1. The third-order valence-electron chi connectivity index (χ3n) is 5.09. The lowest BCUT2D eigenvalue weighted by atomic mass is 10.0. The molecule has 4 heteroatoms. The van der Waals surface area contributed by atoms with Crippen LogP contribution in [0, 0.1) is 19.7 Å². The zero-order valence-corrected chi connectivity index (χ0v) is 15.3. The van der Waals surface area contributed by atoms with Crippen LogP contribution in [0.2, 0.25) is 0 Å². The van der Waals surface area contributed by atoms with Gasteiger partial charge in [-0.3, -0.25) is 0 Å². The van der Waals surface area contributed by atoms with Gasteiger partial charge >= 0.3 is 0 Å². The van der Waals surface area contributed by atoms with E-state index in [1.165, 1.54) is 28.8 Å². The Kier molecular flexibility index (Phi) is 4.49. The molecule has 2 heterocycles. The molecule has 1 aromatic heterocycles. The first-order valence-corrected chi connectivity index (χ1v) is 9.28. The first-order chi connectivity index (χ1) is 12.6. The molecule has 26 heavy (non-hydrogen) atoms. The highest BCUT2D eigenvalue weighted by molar-refractivity contribution is 5.57. The molecule has 0 atom stereocenters. The average molecular weight is 349 g/mol. The molecule has 0 unspecified atom stereocenters. The molecule has 0 spiro atoms. The van der Waals surface area contributed by atoms with Crippen LogP contribution < -0.4 is 5.32 Å². The normalized spacial score (nSPS) is 13.8. The predicted molar refractivity (Wildman–Crippen MR) is 104 cm³/mol. The average Bonchev–Trinajstić information content (AvgIpc) is 2.81. The molecule has 1 N–H and O–H groups in total. The first-order valence-electron chi connectivity index (χ1n) is 9.28. The lowest BCUT2D eigenvalue weighted by Crippen LogP contribution is -2.08. The Morgan fingerprint density at radius 3 is 2.69 bits per heavy atom. The van der Waals surface area contributed by atoms with E-state index in [9.17, 15) is 4.39 Å². The summed E-state index contributed by atoms with van der Waals surface area (Å²) in [5.74, 6) is 0.920. The van der Waals surface area contributed by atoms with Crippen LogP contribution in [-0.2, 0) is 12.8 Å². The van der Waals surface area contributed by atoms with E-state index in [2.05, 4.69) is 42.0 Å². The van der Waals surface area contributed by atoms with Gasteiger partial charge in [0.25, 0.3) is 0 Å². The lowest BCUT2D eigenvalue weighted by Gasteiger charge is -2.12. The van der Waals surface area contributed by atoms with Gasteiger partial charge in [0.15, 0.2) is 0 Å². The van der Waals surface area contributed by atoms with E-state index in [-0.39, 0.29) is 5.82 Å². The summed E-state index contributed by atoms with van der Waals surface area (Å²) >= 11 is 0. The van der Waals surface area contributed by atoms with Gasteiger partial charge in [0.05, 0.1) is 11.4 Å². The van der Waals surface area contributed by atoms with Crippen LogP contribution in [-0.4, -0.2) is 16.3 Å². The number of halogens is 1. The van der Waals surface area contributed by atoms with Crippen LogP contribution in [0.5, 0.6) is 0 Å². The van der Waals surface area contributed by atoms with Crippen LogP contribution in [0.1, 0.15) is 40.8 Å². The maximum Gasteiger partial charge on any atom is 0.133 e. The van der Waals surface area contributed by atoms with Gasteiger partial charge in [0.1, 0.15) is 11.6 Å². The molecule has 134 valence electrons. The molecule has 0 amide bonds. The maximum atomic E-state index is 13.2. The Morgan fingerprint density at radius 1 is 1.08 bits per heavy atom. The molecule has 4 rings (SSSR count). The monoisotopic (exact) mass is 349 g/mol. The van der Waals surface area contributed by atoms with Gasteiger partial charge in [0.2, 0.25) is 0 Å². The number of rotatable bonds is 3. The van der Waals surface area contributed by atoms with Crippen molar-refractivity contribution in [3.8, 4) is 5.69 Å². The minimum atomic E-state index is -0.199. The molecule has 0 saturated carbocycles. The van der Waals surface area contributed by atoms with Gasteiger partial charge in [-0.2, -0.15) is 5.10 Å². The van der Waals surface area contributed by atoms with Gasteiger partial charge in [-0.1, -0.05) is 24.3 Å². The predicted octanol–water partition coefficient (Wildman–Crippen LogP) is 4.97. The fraction of sp³-hybridized carbons (Fsp3) is 0.318. The van der Waals surface area contributed by atoms with Crippen LogP contribution in [0.15, 0.2) is 42.5 Å². The second-order valence-electron chi connectivity index (χ2n) is 7.16. The highest BCUT2D eigenvalue weighted by Crippen LogP contribution is 2.30. The van der Waals surface area contributed by atoms with E-state index < -0.39 is 0 Å². The third-order valence-corrected chi connectivity index (χ3v) is 5.09. The lowest BCUT2D eigenvalue weighted by molar-refractivity contribution is 0.627. The van der Waals surface area contributed by atoms with Crippen molar-refractivity contribution in [3.05, 3.63) is 76.2 Å². The van der Waals surface area contributed by atoms with Crippen molar-refractivity contribution in [2.24, 2.45) is 0 Å². The standard InChI is InChI=1S/C22H24FN3/c1-15-6-7-16(2)21(13-15)26-22-19(5-3-4-12-24-22)20(25-26)14-17-8-10-18(23)11-9-17/h6-11,13,24H,3-5,12,14H2,1-2H3. The Balaban J connectivity index is 1.81. The third kappa shape index (κ3) is 3.24.